The summed E-state index contributed by atoms with van der Waals surface area (Å²) >= 11 is 0. The Morgan fingerprint density at radius 2 is 2.25 bits per heavy atom. The average Bonchev–Trinajstić information content (AvgIpc) is 3.10. The van der Waals surface area contributed by atoms with Gasteiger partial charge in [-0.2, -0.15) is 0 Å². The van der Waals surface area contributed by atoms with E-state index in [0.717, 1.165) is 37.1 Å². The molecular weight excluding hydrogens is 308 g/mol. The van der Waals surface area contributed by atoms with Crippen molar-refractivity contribution in [2.45, 2.75) is 26.2 Å². The van der Waals surface area contributed by atoms with Crippen LogP contribution in [0.5, 0.6) is 5.75 Å². The highest BCUT2D eigenvalue weighted by molar-refractivity contribution is 5.77. The van der Waals surface area contributed by atoms with Crippen LogP contribution in [0.4, 0.5) is 6.01 Å². The van der Waals surface area contributed by atoms with Crippen LogP contribution in [0, 0.1) is 5.92 Å². The van der Waals surface area contributed by atoms with Crippen LogP contribution < -0.4 is 15.4 Å². The molecule has 3 rings (SSSR count). The zero-order valence-corrected chi connectivity index (χ0v) is 13.8. The van der Waals surface area contributed by atoms with Crippen molar-refractivity contribution >= 4 is 11.9 Å². The van der Waals surface area contributed by atoms with E-state index in [-0.39, 0.29) is 11.8 Å². The number of nitrogens with two attached hydrogens (primary N) is 1. The van der Waals surface area contributed by atoms with Gasteiger partial charge in [0, 0.05) is 13.1 Å². The smallest absolute Gasteiger partial charge is 0.318 e. The fraction of sp³-hybridized carbons (Fsp3) is 0.471. The lowest BCUT2D eigenvalue weighted by Crippen LogP contribution is -2.41. The summed E-state index contributed by atoms with van der Waals surface area (Å²) in [6, 6.07) is 8.01. The largest absolute Gasteiger partial charge is 0.493 e. The molecule has 1 atom stereocenters. The van der Waals surface area contributed by atoms with Gasteiger partial charge in [0.05, 0.1) is 18.1 Å². The minimum absolute atomic E-state index is 0.172. The highest BCUT2D eigenvalue weighted by atomic mass is 16.5. The molecule has 0 radical (unpaired) electrons. The minimum Gasteiger partial charge on any atom is -0.493 e. The number of ether oxygens (including phenoxy) is 1. The third-order valence-electron chi connectivity index (χ3n) is 4.09. The zero-order chi connectivity index (χ0) is 16.9. The fourth-order valence-electron chi connectivity index (χ4n) is 2.82. The standard InChI is InChI=1S/C17H22N4O3/c1-2-10-23-14-8-4-3-7-13(14)16-19-20-17(24-16)21-9-5-6-12(11-21)15(18)22/h3-4,7-8,12H,2,5-6,9-11H2,1H3,(H2,18,22). The van der Waals surface area contributed by atoms with E-state index in [4.69, 9.17) is 14.9 Å². The van der Waals surface area contributed by atoms with Crippen LogP contribution in [-0.2, 0) is 4.79 Å². The van der Waals surface area contributed by atoms with Crippen molar-refractivity contribution in [3.8, 4) is 17.2 Å². The van der Waals surface area contributed by atoms with Gasteiger partial charge in [0.1, 0.15) is 5.75 Å². The summed E-state index contributed by atoms with van der Waals surface area (Å²) in [5, 5.41) is 8.28. The second-order valence-corrected chi connectivity index (χ2v) is 5.92. The second kappa shape index (κ2) is 7.33. The number of anilines is 1. The van der Waals surface area contributed by atoms with Crippen LogP contribution in [0.25, 0.3) is 11.5 Å². The molecule has 1 saturated heterocycles. The van der Waals surface area contributed by atoms with E-state index in [1.807, 2.05) is 29.2 Å². The summed E-state index contributed by atoms with van der Waals surface area (Å²) in [5.41, 5.74) is 6.19. The normalized spacial score (nSPS) is 17.7. The van der Waals surface area contributed by atoms with Crippen molar-refractivity contribution in [2.24, 2.45) is 11.7 Å². The lowest BCUT2D eigenvalue weighted by atomic mass is 9.98. The van der Waals surface area contributed by atoms with Crippen LogP contribution in [0.15, 0.2) is 28.7 Å². The van der Waals surface area contributed by atoms with Gasteiger partial charge < -0.3 is 19.8 Å². The van der Waals surface area contributed by atoms with Gasteiger partial charge in [0.25, 0.3) is 5.89 Å². The van der Waals surface area contributed by atoms with Crippen molar-refractivity contribution in [1.29, 1.82) is 0 Å². The molecular formula is C17H22N4O3. The molecule has 2 aromatic rings. The van der Waals surface area contributed by atoms with E-state index in [9.17, 15) is 4.79 Å². The number of para-hydroxylation sites is 1. The molecule has 1 aromatic heterocycles. The number of hydrogen-bond acceptors (Lipinski definition) is 6. The number of piperidine rings is 1. The van der Waals surface area contributed by atoms with Crippen LogP contribution in [0.2, 0.25) is 0 Å². The van der Waals surface area contributed by atoms with Crippen molar-refractivity contribution in [3.05, 3.63) is 24.3 Å². The molecule has 1 fully saturated rings. The lowest BCUT2D eigenvalue weighted by Gasteiger charge is -2.29. The average molecular weight is 330 g/mol. The Hall–Kier alpha value is -2.57. The maximum Gasteiger partial charge on any atom is 0.318 e. The Kier molecular flexibility index (Phi) is 4.98. The Morgan fingerprint density at radius 1 is 1.42 bits per heavy atom. The predicted molar refractivity (Wildman–Crippen MR) is 89.7 cm³/mol. The summed E-state index contributed by atoms with van der Waals surface area (Å²) < 4.78 is 11.6. The quantitative estimate of drug-likeness (QED) is 0.873. The van der Waals surface area contributed by atoms with E-state index in [1.54, 1.807) is 0 Å². The summed E-state index contributed by atoms with van der Waals surface area (Å²) in [6.45, 7) is 3.98. The molecule has 1 aliphatic heterocycles. The number of rotatable bonds is 6. The Labute approximate surface area is 140 Å². The molecule has 1 aliphatic rings. The molecule has 0 spiro atoms. The molecule has 2 heterocycles. The highest BCUT2D eigenvalue weighted by Crippen LogP contribution is 2.31. The monoisotopic (exact) mass is 330 g/mol. The first kappa shape index (κ1) is 16.3. The van der Waals surface area contributed by atoms with Gasteiger partial charge in [-0.3, -0.25) is 4.79 Å². The molecule has 1 unspecified atom stereocenters. The molecule has 1 aromatic carbocycles. The van der Waals surface area contributed by atoms with Crippen LogP contribution in [0.1, 0.15) is 26.2 Å². The topological polar surface area (TPSA) is 94.5 Å². The Bertz CT molecular complexity index is 701. The number of amides is 1. The molecule has 24 heavy (non-hydrogen) atoms. The number of hydrogen-bond donors (Lipinski definition) is 1. The number of nitrogens with zero attached hydrogens (tertiary/aromatic N) is 3. The Morgan fingerprint density at radius 3 is 3.04 bits per heavy atom. The first-order chi connectivity index (χ1) is 11.7. The van der Waals surface area contributed by atoms with Gasteiger partial charge in [-0.25, -0.2) is 0 Å². The second-order valence-electron chi connectivity index (χ2n) is 5.92. The van der Waals surface area contributed by atoms with E-state index in [0.29, 0.717) is 25.1 Å². The summed E-state index contributed by atoms with van der Waals surface area (Å²) in [7, 11) is 0. The van der Waals surface area contributed by atoms with Crippen molar-refractivity contribution < 1.29 is 13.9 Å². The molecule has 0 bridgehead atoms. The van der Waals surface area contributed by atoms with Gasteiger partial charge >= 0.3 is 6.01 Å². The number of carbonyl (C=O) groups excluding carboxylic acids is 1. The van der Waals surface area contributed by atoms with Gasteiger partial charge in [-0.15, -0.1) is 5.10 Å². The van der Waals surface area contributed by atoms with Crippen molar-refractivity contribution in [1.82, 2.24) is 10.2 Å². The maximum absolute atomic E-state index is 11.4. The minimum atomic E-state index is -0.280. The van der Waals surface area contributed by atoms with Crippen LogP contribution >= 0.6 is 0 Å². The van der Waals surface area contributed by atoms with Crippen molar-refractivity contribution in [3.63, 3.8) is 0 Å². The lowest BCUT2D eigenvalue weighted by molar-refractivity contribution is -0.122. The molecule has 7 heteroatoms. The molecule has 1 amide bonds. The summed E-state index contributed by atoms with van der Waals surface area (Å²) in [4.78, 5) is 13.3. The third kappa shape index (κ3) is 3.50. The number of primary amides is 1. The first-order valence-corrected chi connectivity index (χ1v) is 8.29. The van der Waals surface area contributed by atoms with E-state index < -0.39 is 0 Å². The molecule has 128 valence electrons. The Balaban J connectivity index is 1.80. The molecule has 2 N–H and O–H groups in total. The van der Waals surface area contributed by atoms with Gasteiger partial charge in [0.15, 0.2) is 0 Å². The summed E-state index contributed by atoms with van der Waals surface area (Å²) in [5.74, 6) is 0.688. The highest BCUT2D eigenvalue weighted by Gasteiger charge is 2.27. The zero-order valence-electron chi connectivity index (χ0n) is 13.8. The van der Waals surface area contributed by atoms with Gasteiger partial charge in [-0.05, 0) is 31.4 Å². The summed E-state index contributed by atoms with van der Waals surface area (Å²) in [6.07, 6.45) is 2.60. The number of benzene rings is 1. The molecule has 0 aliphatic carbocycles. The number of carbonyl (C=O) groups is 1. The first-order valence-electron chi connectivity index (χ1n) is 8.29. The van der Waals surface area contributed by atoms with Gasteiger partial charge in [-0.1, -0.05) is 24.2 Å². The fourth-order valence-corrected chi connectivity index (χ4v) is 2.82. The molecule has 0 saturated carbocycles. The predicted octanol–water partition coefficient (Wildman–Crippen LogP) is 2.23. The SMILES string of the molecule is CCCOc1ccccc1-c1nnc(N2CCCC(C(N)=O)C2)o1. The van der Waals surface area contributed by atoms with Crippen LogP contribution in [0.3, 0.4) is 0 Å². The third-order valence-corrected chi connectivity index (χ3v) is 4.09. The van der Waals surface area contributed by atoms with E-state index >= 15 is 0 Å². The van der Waals surface area contributed by atoms with E-state index in [2.05, 4.69) is 17.1 Å². The molecule has 7 nitrogen and oxygen atoms in total. The van der Waals surface area contributed by atoms with Gasteiger partial charge in [0.2, 0.25) is 5.91 Å². The number of aromatic nitrogens is 2. The van der Waals surface area contributed by atoms with Crippen molar-refractivity contribution in [2.75, 3.05) is 24.6 Å². The maximum atomic E-state index is 11.4. The van der Waals surface area contributed by atoms with Crippen LogP contribution in [-0.4, -0.2) is 35.8 Å². The van der Waals surface area contributed by atoms with E-state index in [1.165, 1.54) is 0 Å².